The highest BCUT2D eigenvalue weighted by atomic mass is 16.5. The van der Waals surface area contributed by atoms with Crippen LogP contribution < -0.4 is 9.47 Å². The molecule has 0 saturated heterocycles. The lowest BCUT2D eigenvalue weighted by atomic mass is 10.1. The highest BCUT2D eigenvalue weighted by molar-refractivity contribution is 5.91. The van der Waals surface area contributed by atoms with E-state index < -0.39 is 5.97 Å². The van der Waals surface area contributed by atoms with E-state index in [4.69, 9.17) is 9.47 Å². The number of esters is 1. The highest BCUT2D eigenvalue weighted by Gasteiger charge is 2.10. The normalized spacial score (nSPS) is 10.0. The summed E-state index contributed by atoms with van der Waals surface area (Å²) < 4.78 is 10.4. The van der Waals surface area contributed by atoms with Crippen LogP contribution in [0.3, 0.4) is 0 Å². The molecule has 2 rings (SSSR count). The largest absolute Gasteiger partial charge is 0.497 e. The van der Waals surface area contributed by atoms with Gasteiger partial charge in [-0.05, 0) is 36.8 Å². The minimum absolute atomic E-state index is 0.0494. The molecule has 0 saturated carbocycles. The van der Waals surface area contributed by atoms with E-state index in [0.717, 1.165) is 5.56 Å². The topological polar surface area (TPSA) is 52.6 Å². The molecule has 0 amide bonds. The standard InChI is InChI=1S/C17H16O4/c1-12(18)9-13-5-3-6-14(10-13)17(19)21-16-8-4-7-15(11-16)20-2/h3-8,10-11H,9H2,1-2H3. The molecule has 0 radical (unpaired) electrons. The number of ketones is 1. The van der Waals surface area contributed by atoms with Crippen LogP contribution in [0.25, 0.3) is 0 Å². The van der Waals surface area contributed by atoms with Crippen LogP contribution in [0.15, 0.2) is 48.5 Å². The SMILES string of the molecule is COc1cccc(OC(=O)c2cccc(CC(C)=O)c2)c1. The van der Waals surface area contributed by atoms with E-state index in [0.29, 0.717) is 23.5 Å². The lowest BCUT2D eigenvalue weighted by Crippen LogP contribution is -2.09. The Labute approximate surface area is 123 Å². The second-order valence-corrected chi connectivity index (χ2v) is 4.65. The molecule has 0 spiro atoms. The van der Waals surface area contributed by atoms with Crippen molar-refractivity contribution in [1.82, 2.24) is 0 Å². The van der Waals surface area contributed by atoms with Crippen molar-refractivity contribution in [2.45, 2.75) is 13.3 Å². The third kappa shape index (κ3) is 4.18. The van der Waals surface area contributed by atoms with E-state index in [1.807, 2.05) is 6.07 Å². The monoisotopic (exact) mass is 284 g/mol. The number of hydrogen-bond acceptors (Lipinski definition) is 4. The summed E-state index contributed by atoms with van der Waals surface area (Å²) in [4.78, 5) is 23.2. The second-order valence-electron chi connectivity index (χ2n) is 4.65. The van der Waals surface area contributed by atoms with Crippen molar-refractivity contribution in [1.29, 1.82) is 0 Å². The fourth-order valence-corrected chi connectivity index (χ4v) is 1.93. The molecule has 108 valence electrons. The van der Waals surface area contributed by atoms with E-state index in [1.165, 1.54) is 6.92 Å². The van der Waals surface area contributed by atoms with Gasteiger partial charge in [-0.3, -0.25) is 4.79 Å². The first-order valence-electron chi connectivity index (χ1n) is 6.53. The van der Waals surface area contributed by atoms with Crippen molar-refractivity contribution in [3.8, 4) is 11.5 Å². The number of hydrogen-bond donors (Lipinski definition) is 0. The van der Waals surface area contributed by atoms with Crippen molar-refractivity contribution in [2.75, 3.05) is 7.11 Å². The molecule has 0 atom stereocenters. The van der Waals surface area contributed by atoms with Gasteiger partial charge in [-0.1, -0.05) is 18.2 Å². The lowest BCUT2D eigenvalue weighted by molar-refractivity contribution is -0.116. The van der Waals surface area contributed by atoms with Gasteiger partial charge in [-0.15, -0.1) is 0 Å². The Kier molecular flexibility index (Phi) is 4.72. The summed E-state index contributed by atoms with van der Waals surface area (Å²) in [6.07, 6.45) is 0.306. The molecule has 0 bridgehead atoms. The minimum Gasteiger partial charge on any atom is -0.497 e. The van der Waals surface area contributed by atoms with Crippen LogP contribution in [0.1, 0.15) is 22.8 Å². The van der Waals surface area contributed by atoms with Crippen molar-refractivity contribution in [3.63, 3.8) is 0 Å². The van der Waals surface area contributed by atoms with Crippen molar-refractivity contribution >= 4 is 11.8 Å². The van der Waals surface area contributed by atoms with Gasteiger partial charge in [-0.25, -0.2) is 4.79 Å². The number of rotatable bonds is 5. The second kappa shape index (κ2) is 6.70. The van der Waals surface area contributed by atoms with E-state index in [9.17, 15) is 9.59 Å². The van der Waals surface area contributed by atoms with Gasteiger partial charge in [0.15, 0.2) is 0 Å². The summed E-state index contributed by atoms with van der Waals surface area (Å²) in [6, 6.07) is 13.7. The first-order chi connectivity index (χ1) is 10.1. The summed E-state index contributed by atoms with van der Waals surface area (Å²) in [7, 11) is 1.55. The van der Waals surface area contributed by atoms with Gasteiger partial charge in [-0.2, -0.15) is 0 Å². The van der Waals surface area contributed by atoms with Crippen LogP contribution in [-0.2, 0) is 11.2 Å². The van der Waals surface area contributed by atoms with Gasteiger partial charge >= 0.3 is 5.97 Å². The molecule has 0 aliphatic carbocycles. The van der Waals surface area contributed by atoms with Crippen LogP contribution in [0.4, 0.5) is 0 Å². The first kappa shape index (κ1) is 14.8. The third-order valence-electron chi connectivity index (χ3n) is 2.87. The summed E-state index contributed by atoms with van der Waals surface area (Å²) in [5.41, 5.74) is 1.21. The molecule has 21 heavy (non-hydrogen) atoms. The number of carbonyl (C=O) groups is 2. The smallest absolute Gasteiger partial charge is 0.343 e. The molecule has 4 nitrogen and oxygen atoms in total. The number of Topliss-reactive ketones (excluding diaryl/α,β-unsaturated/α-hetero) is 1. The average molecular weight is 284 g/mol. The molecule has 0 aliphatic rings. The maximum Gasteiger partial charge on any atom is 0.343 e. The van der Waals surface area contributed by atoms with E-state index in [2.05, 4.69) is 0 Å². The number of methoxy groups -OCH3 is 1. The highest BCUT2D eigenvalue weighted by Crippen LogP contribution is 2.20. The molecule has 2 aromatic carbocycles. The number of carbonyl (C=O) groups excluding carboxylic acids is 2. The van der Waals surface area contributed by atoms with Gasteiger partial charge in [0.2, 0.25) is 0 Å². The Hall–Kier alpha value is -2.62. The maximum absolute atomic E-state index is 12.1. The number of benzene rings is 2. The van der Waals surface area contributed by atoms with Crippen LogP contribution in [0, 0.1) is 0 Å². The van der Waals surface area contributed by atoms with Gasteiger partial charge < -0.3 is 9.47 Å². The zero-order chi connectivity index (χ0) is 15.2. The van der Waals surface area contributed by atoms with Crippen LogP contribution in [0.5, 0.6) is 11.5 Å². The van der Waals surface area contributed by atoms with Crippen molar-refractivity contribution in [3.05, 3.63) is 59.7 Å². The molecule has 0 aromatic heterocycles. The number of ether oxygens (including phenoxy) is 2. The molecule has 2 aromatic rings. The van der Waals surface area contributed by atoms with Gasteiger partial charge in [0.1, 0.15) is 17.3 Å². The Morgan fingerprint density at radius 3 is 2.43 bits per heavy atom. The van der Waals surface area contributed by atoms with Gasteiger partial charge in [0.25, 0.3) is 0 Å². The fraction of sp³-hybridized carbons (Fsp3) is 0.176. The maximum atomic E-state index is 12.1. The summed E-state index contributed by atoms with van der Waals surface area (Å²) in [6.45, 7) is 1.52. The molecule has 0 aliphatic heterocycles. The Morgan fingerprint density at radius 2 is 1.71 bits per heavy atom. The minimum atomic E-state index is -0.464. The van der Waals surface area contributed by atoms with Crippen molar-refractivity contribution in [2.24, 2.45) is 0 Å². The molecule has 0 unspecified atom stereocenters. The Morgan fingerprint density at radius 1 is 1.00 bits per heavy atom. The van der Waals surface area contributed by atoms with Gasteiger partial charge in [0.05, 0.1) is 12.7 Å². The zero-order valence-corrected chi connectivity index (χ0v) is 12.0. The molecular formula is C17H16O4. The van der Waals surface area contributed by atoms with Crippen LogP contribution >= 0.6 is 0 Å². The molecular weight excluding hydrogens is 268 g/mol. The molecule has 0 N–H and O–H groups in total. The lowest BCUT2D eigenvalue weighted by Gasteiger charge is -2.07. The Bertz CT molecular complexity index is 661. The Balaban J connectivity index is 2.14. The van der Waals surface area contributed by atoms with Crippen LogP contribution in [-0.4, -0.2) is 18.9 Å². The zero-order valence-electron chi connectivity index (χ0n) is 12.0. The van der Waals surface area contributed by atoms with Crippen LogP contribution in [0.2, 0.25) is 0 Å². The average Bonchev–Trinajstić information content (AvgIpc) is 2.47. The molecule has 0 heterocycles. The van der Waals surface area contributed by atoms with Crippen molar-refractivity contribution < 1.29 is 19.1 Å². The van der Waals surface area contributed by atoms with E-state index in [1.54, 1.807) is 49.6 Å². The predicted octanol–water partition coefficient (Wildman–Crippen LogP) is 3.05. The quantitative estimate of drug-likeness (QED) is 0.625. The predicted molar refractivity (Wildman–Crippen MR) is 78.8 cm³/mol. The summed E-state index contributed by atoms with van der Waals surface area (Å²) in [5, 5.41) is 0. The summed E-state index contributed by atoms with van der Waals surface area (Å²) >= 11 is 0. The van der Waals surface area contributed by atoms with E-state index >= 15 is 0 Å². The summed E-state index contributed by atoms with van der Waals surface area (Å²) in [5.74, 6) is 0.615. The van der Waals surface area contributed by atoms with Gasteiger partial charge in [0, 0.05) is 12.5 Å². The third-order valence-corrected chi connectivity index (χ3v) is 2.87. The fourth-order valence-electron chi connectivity index (χ4n) is 1.93. The first-order valence-corrected chi connectivity index (χ1v) is 6.53. The van der Waals surface area contributed by atoms with E-state index in [-0.39, 0.29) is 5.78 Å². The molecule has 4 heteroatoms. The molecule has 0 fully saturated rings.